The molecule has 6 nitrogen and oxygen atoms in total. The maximum absolute atomic E-state index is 10.6. The van der Waals surface area contributed by atoms with Crippen molar-refractivity contribution in [2.75, 3.05) is 13.6 Å². The number of carbonyl (C=O) groups excluding carboxylic acids is 1. The normalized spacial score (nSPS) is 22.3. The van der Waals surface area contributed by atoms with E-state index in [1.165, 1.54) is 5.01 Å². The molecule has 0 radical (unpaired) electrons. The molecule has 0 aromatic carbocycles. The molecule has 0 aromatic heterocycles. The maximum Gasteiger partial charge on any atom is 0.257 e. The highest BCUT2D eigenvalue weighted by atomic mass is 16.2. The van der Waals surface area contributed by atoms with Gasteiger partial charge in [-0.15, -0.1) is 5.10 Å². The number of hydrogen-bond acceptors (Lipinski definition) is 3. The van der Waals surface area contributed by atoms with Crippen molar-refractivity contribution in [1.29, 1.82) is 0 Å². The highest BCUT2D eigenvalue weighted by Gasteiger charge is 2.15. The van der Waals surface area contributed by atoms with Crippen LogP contribution in [0.3, 0.4) is 0 Å². The van der Waals surface area contributed by atoms with Gasteiger partial charge < -0.3 is 11.2 Å². The van der Waals surface area contributed by atoms with Crippen LogP contribution >= 0.6 is 0 Å². The highest BCUT2D eigenvalue weighted by molar-refractivity contribution is 5.91. The summed E-state index contributed by atoms with van der Waals surface area (Å²) in [6.45, 7) is 0.223. The van der Waals surface area contributed by atoms with Gasteiger partial charge in [0.1, 0.15) is 0 Å². The molecule has 1 aliphatic rings. The second-order valence-electron chi connectivity index (χ2n) is 1.90. The lowest BCUT2D eigenvalue weighted by molar-refractivity contribution is -0.123. The fourth-order valence-electron chi connectivity index (χ4n) is 0.690. The zero-order valence-electron chi connectivity index (χ0n) is 5.59. The Morgan fingerprint density at radius 1 is 1.80 bits per heavy atom. The summed E-state index contributed by atoms with van der Waals surface area (Å²) in [7, 11) is 1.65. The zero-order valence-corrected chi connectivity index (χ0v) is 5.59. The number of nitrogens with one attached hydrogen (secondary N) is 2. The van der Waals surface area contributed by atoms with Gasteiger partial charge in [-0.3, -0.25) is 15.2 Å². The third-order valence-electron chi connectivity index (χ3n) is 1.14. The molecule has 4 N–H and O–H groups in total. The Bertz CT molecular complexity index is 176. The molecular formula is C4H9N5O. The summed E-state index contributed by atoms with van der Waals surface area (Å²) in [5, 5.41) is 7.51. The van der Waals surface area contributed by atoms with Crippen molar-refractivity contribution in [2.45, 2.75) is 0 Å². The number of nitrogens with two attached hydrogens (primary N) is 1. The second kappa shape index (κ2) is 2.42. The Hall–Kier alpha value is -1.46. The molecule has 1 amide bonds. The summed E-state index contributed by atoms with van der Waals surface area (Å²) in [5.41, 5.74) is 2.50. The maximum atomic E-state index is 10.6. The van der Waals surface area contributed by atoms with Crippen molar-refractivity contribution in [3.63, 3.8) is 0 Å². The van der Waals surface area contributed by atoms with Gasteiger partial charge in [0.25, 0.3) is 5.91 Å². The fourth-order valence-corrected chi connectivity index (χ4v) is 0.690. The van der Waals surface area contributed by atoms with E-state index in [4.69, 9.17) is 5.84 Å². The lowest BCUT2D eigenvalue weighted by Gasteiger charge is -2.26. The molecule has 0 aliphatic carbocycles. The Morgan fingerprint density at radius 3 is 3.00 bits per heavy atom. The largest absolute Gasteiger partial charge is 0.344 e. The summed E-state index contributed by atoms with van der Waals surface area (Å²) < 4.78 is 0. The first-order chi connectivity index (χ1) is 4.74. The van der Waals surface area contributed by atoms with Crippen LogP contribution in [0.2, 0.25) is 0 Å². The number of carbonyl (C=O) groups is 1. The average Bonchev–Trinajstić information content (AvgIpc) is 1.88. The topological polar surface area (TPSA) is 82.8 Å². The van der Waals surface area contributed by atoms with E-state index in [2.05, 4.69) is 15.8 Å². The molecule has 0 saturated carbocycles. The Kier molecular flexibility index (Phi) is 1.61. The third kappa shape index (κ3) is 1.09. The number of nitrogens with zero attached hydrogens (tertiary/aromatic N) is 2. The molecule has 1 heterocycles. The van der Waals surface area contributed by atoms with E-state index >= 15 is 0 Å². The van der Waals surface area contributed by atoms with Crippen molar-refractivity contribution in [3.8, 4) is 0 Å². The summed E-state index contributed by atoms with van der Waals surface area (Å²) in [6, 6.07) is 0. The first-order valence-corrected chi connectivity index (χ1v) is 2.79. The first kappa shape index (κ1) is 6.66. The second-order valence-corrected chi connectivity index (χ2v) is 1.90. The monoisotopic (exact) mass is 143 g/mol. The van der Waals surface area contributed by atoms with Crippen molar-refractivity contribution in [1.82, 2.24) is 15.8 Å². The van der Waals surface area contributed by atoms with Gasteiger partial charge in [-0.05, 0) is 0 Å². The van der Waals surface area contributed by atoms with Crippen LogP contribution in [0.5, 0.6) is 0 Å². The minimum absolute atomic E-state index is 0.102. The molecule has 56 valence electrons. The molecule has 0 bridgehead atoms. The van der Waals surface area contributed by atoms with Gasteiger partial charge in [0.05, 0.1) is 6.54 Å². The first-order valence-electron chi connectivity index (χ1n) is 2.79. The van der Waals surface area contributed by atoms with E-state index < -0.39 is 0 Å². The molecule has 1 saturated heterocycles. The van der Waals surface area contributed by atoms with Crippen LogP contribution in [0, 0.1) is 0 Å². The molecule has 1 rings (SSSR count). The molecule has 0 atom stereocenters. The number of hydrazone groups is 1. The van der Waals surface area contributed by atoms with Gasteiger partial charge >= 0.3 is 0 Å². The molecule has 6 heteroatoms. The molecule has 10 heavy (non-hydrogen) atoms. The van der Waals surface area contributed by atoms with Crippen LogP contribution in [-0.4, -0.2) is 30.5 Å². The standard InChI is InChI=1S/C4H9N5O/c1-9-4(7-5)6-2-3(10)8-9/h2,5H2,1H3,(H,6,7)(H,8,10). The molecular weight excluding hydrogens is 134 g/mol. The SMILES string of the molecule is CN1NC(=O)CN/C1=N/N. The van der Waals surface area contributed by atoms with E-state index in [9.17, 15) is 4.79 Å². The van der Waals surface area contributed by atoms with E-state index in [0.29, 0.717) is 5.96 Å². The lowest BCUT2D eigenvalue weighted by Crippen LogP contribution is -2.58. The van der Waals surface area contributed by atoms with Crippen molar-refractivity contribution < 1.29 is 4.79 Å². The molecule has 0 spiro atoms. The molecule has 0 unspecified atom stereocenters. The fraction of sp³-hybridized carbons (Fsp3) is 0.500. The van der Waals surface area contributed by atoms with Crippen LogP contribution in [0.15, 0.2) is 5.10 Å². The Labute approximate surface area is 58.0 Å². The van der Waals surface area contributed by atoms with Gasteiger partial charge in [0.15, 0.2) is 0 Å². The number of guanidine groups is 1. The average molecular weight is 143 g/mol. The van der Waals surface area contributed by atoms with E-state index in [-0.39, 0.29) is 12.5 Å². The Morgan fingerprint density at radius 2 is 2.50 bits per heavy atom. The van der Waals surface area contributed by atoms with E-state index in [1.54, 1.807) is 7.05 Å². The minimum atomic E-state index is -0.102. The summed E-state index contributed by atoms with van der Waals surface area (Å²) in [5.74, 6) is 5.33. The predicted octanol–water partition coefficient (Wildman–Crippen LogP) is -2.22. The van der Waals surface area contributed by atoms with Crippen LogP contribution < -0.4 is 16.6 Å². The predicted molar refractivity (Wildman–Crippen MR) is 35.5 cm³/mol. The van der Waals surface area contributed by atoms with E-state index in [1.807, 2.05) is 0 Å². The number of amides is 1. The number of hydrazine groups is 1. The number of rotatable bonds is 0. The number of hydrogen-bond donors (Lipinski definition) is 3. The third-order valence-corrected chi connectivity index (χ3v) is 1.14. The van der Waals surface area contributed by atoms with Crippen molar-refractivity contribution in [2.24, 2.45) is 10.9 Å². The summed E-state index contributed by atoms with van der Waals surface area (Å²) >= 11 is 0. The highest BCUT2D eigenvalue weighted by Crippen LogP contribution is 1.83. The Balaban J connectivity index is 2.60. The van der Waals surface area contributed by atoms with Gasteiger partial charge in [0, 0.05) is 7.05 Å². The molecule has 1 aliphatic heterocycles. The zero-order chi connectivity index (χ0) is 7.56. The quantitative estimate of drug-likeness (QED) is 0.265. The van der Waals surface area contributed by atoms with Crippen LogP contribution in [0.25, 0.3) is 0 Å². The van der Waals surface area contributed by atoms with Gasteiger partial charge in [0.2, 0.25) is 5.96 Å². The van der Waals surface area contributed by atoms with Gasteiger partial charge in [-0.1, -0.05) is 0 Å². The van der Waals surface area contributed by atoms with E-state index in [0.717, 1.165) is 0 Å². The summed E-state index contributed by atoms with van der Waals surface area (Å²) in [4.78, 5) is 10.6. The van der Waals surface area contributed by atoms with Crippen LogP contribution in [0.4, 0.5) is 0 Å². The van der Waals surface area contributed by atoms with Crippen molar-refractivity contribution in [3.05, 3.63) is 0 Å². The van der Waals surface area contributed by atoms with Crippen LogP contribution in [0.1, 0.15) is 0 Å². The minimum Gasteiger partial charge on any atom is -0.344 e. The lowest BCUT2D eigenvalue weighted by atomic mass is 10.5. The van der Waals surface area contributed by atoms with Crippen molar-refractivity contribution >= 4 is 11.9 Å². The molecule has 1 fully saturated rings. The van der Waals surface area contributed by atoms with Gasteiger partial charge in [-0.25, -0.2) is 0 Å². The van der Waals surface area contributed by atoms with Gasteiger partial charge in [-0.2, -0.15) is 0 Å². The van der Waals surface area contributed by atoms with Crippen LogP contribution in [-0.2, 0) is 4.79 Å². The summed E-state index contributed by atoms with van der Waals surface area (Å²) in [6.07, 6.45) is 0. The smallest absolute Gasteiger partial charge is 0.257 e. The molecule has 0 aromatic rings.